The van der Waals surface area contributed by atoms with E-state index in [0.29, 0.717) is 27.6 Å². The van der Waals surface area contributed by atoms with Gasteiger partial charge in [0.05, 0.1) is 0 Å². The summed E-state index contributed by atoms with van der Waals surface area (Å²) in [5.74, 6) is -0.477. The maximum Gasteiger partial charge on any atom is 0.265 e. The highest BCUT2D eigenvalue weighted by atomic mass is 35.5. The Bertz CT molecular complexity index is 970. The Labute approximate surface area is 166 Å². The van der Waals surface area contributed by atoms with Crippen molar-refractivity contribution in [2.24, 2.45) is 0 Å². The van der Waals surface area contributed by atoms with Crippen LogP contribution in [0.4, 0.5) is 10.1 Å². The first-order valence-electron chi connectivity index (χ1n) is 8.56. The Morgan fingerprint density at radius 1 is 0.893 bits per heavy atom. The van der Waals surface area contributed by atoms with Crippen LogP contribution < -0.4 is 10.1 Å². The Morgan fingerprint density at radius 2 is 1.43 bits per heavy atom. The summed E-state index contributed by atoms with van der Waals surface area (Å²) >= 11 is 5.82. The van der Waals surface area contributed by atoms with Gasteiger partial charge in [-0.3, -0.25) is 9.59 Å². The van der Waals surface area contributed by atoms with E-state index in [2.05, 4.69) is 5.32 Å². The molecule has 3 aromatic carbocycles. The van der Waals surface area contributed by atoms with Crippen LogP contribution in [-0.4, -0.2) is 17.8 Å². The van der Waals surface area contributed by atoms with Crippen LogP contribution in [0, 0.1) is 5.82 Å². The molecule has 0 aliphatic carbocycles. The molecule has 3 aromatic rings. The highest BCUT2D eigenvalue weighted by molar-refractivity contribution is 6.30. The quantitative estimate of drug-likeness (QED) is 0.587. The molecule has 4 nitrogen and oxygen atoms in total. The van der Waals surface area contributed by atoms with Crippen LogP contribution in [0.1, 0.15) is 22.8 Å². The highest BCUT2D eigenvalue weighted by Gasteiger charge is 2.15. The lowest BCUT2D eigenvalue weighted by atomic mass is 10.0. The second-order valence-corrected chi connectivity index (χ2v) is 6.55. The molecule has 0 aliphatic rings. The van der Waals surface area contributed by atoms with E-state index in [9.17, 15) is 14.0 Å². The molecule has 3 rings (SSSR count). The topological polar surface area (TPSA) is 55.4 Å². The van der Waals surface area contributed by atoms with E-state index in [1.165, 1.54) is 24.3 Å². The molecule has 0 aromatic heterocycles. The molecule has 0 heterocycles. The predicted octanol–water partition coefficient (Wildman–Crippen LogP) is 5.12. The molecule has 1 atom stereocenters. The monoisotopic (exact) mass is 397 g/mol. The van der Waals surface area contributed by atoms with Crippen LogP contribution in [0.5, 0.6) is 5.75 Å². The molecule has 0 aliphatic heterocycles. The smallest absolute Gasteiger partial charge is 0.265 e. The van der Waals surface area contributed by atoms with Crippen molar-refractivity contribution in [2.75, 3.05) is 5.32 Å². The fourth-order valence-electron chi connectivity index (χ4n) is 2.49. The number of halogens is 2. The minimum absolute atomic E-state index is 0.222. The molecule has 0 saturated heterocycles. The van der Waals surface area contributed by atoms with Gasteiger partial charge >= 0.3 is 0 Å². The molecule has 0 radical (unpaired) electrons. The van der Waals surface area contributed by atoms with Gasteiger partial charge in [-0.05, 0) is 79.7 Å². The van der Waals surface area contributed by atoms with Crippen molar-refractivity contribution in [2.45, 2.75) is 13.0 Å². The number of carbonyl (C=O) groups excluding carboxylic acids is 2. The normalized spacial score (nSPS) is 11.5. The van der Waals surface area contributed by atoms with Gasteiger partial charge in [-0.1, -0.05) is 11.6 Å². The summed E-state index contributed by atoms with van der Waals surface area (Å²) in [6, 6.07) is 18.5. The number of amides is 1. The summed E-state index contributed by atoms with van der Waals surface area (Å²) in [6.45, 7) is 1.63. The predicted molar refractivity (Wildman–Crippen MR) is 106 cm³/mol. The lowest BCUT2D eigenvalue weighted by molar-refractivity contribution is -0.122. The minimum Gasteiger partial charge on any atom is -0.481 e. The fourth-order valence-corrected chi connectivity index (χ4v) is 2.61. The van der Waals surface area contributed by atoms with Crippen molar-refractivity contribution in [3.05, 3.63) is 94.8 Å². The average molecular weight is 398 g/mol. The largest absolute Gasteiger partial charge is 0.481 e. The first kappa shape index (κ1) is 19.6. The van der Waals surface area contributed by atoms with E-state index in [1.807, 2.05) is 0 Å². The van der Waals surface area contributed by atoms with Gasteiger partial charge in [-0.25, -0.2) is 4.39 Å². The van der Waals surface area contributed by atoms with E-state index in [0.717, 1.165) is 0 Å². The van der Waals surface area contributed by atoms with Crippen molar-refractivity contribution >= 4 is 29.0 Å². The molecule has 0 spiro atoms. The van der Waals surface area contributed by atoms with Crippen molar-refractivity contribution in [1.82, 2.24) is 0 Å². The lowest BCUT2D eigenvalue weighted by Gasteiger charge is -2.15. The second kappa shape index (κ2) is 8.67. The van der Waals surface area contributed by atoms with Crippen LogP contribution >= 0.6 is 11.6 Å². The molecule has 142 valence electrons. The zero-order valence-electron chi connectivity index (χ0n) is 15.0. The number of carbonyl (C=O) groups is 2. The molecular weight excluding hydrogens is 381 g/mol. The Hall–Kier alpha value is -3.18. The van der Waals surface area contributed by atoms with Gasteiger partial charge in [0.1, 0.15) is 11.6 Å². The molecule has 1 amide bonds. The third kappa shape index (κ3) is 4.96. The van der Waals surface area contributed by atoms with Gasteiger partial charge in [0.2, 0.25) is 0 Å². The fraction of sp³-hybridized carbons (Fsp3) is 0.0909. The van der Waals surface area contributed by atoms with Crippen LogP contribution in [0.15, 0.2) is 72.8 Å². The van der Waals surface area contributed by atoms with E-state index < -0.39 is 11.9 Å². The van der Waals surface area contributed by atoms with E-state index in [1.54, 1.807) is 55.5 Å². The van der Waals surface area contributed by atoms with E-state index in [4.69, 9.17) is 16.3 Å². The zero-order valence-corrected chi connectivity index (χ0v) is 15.7. The first-order valence-corrected chi connectivity index (χ1v) is 8.93. The summed E-state index contributed by atoms with van der Waals surface area (Å²) in [6.07, 6.45) is -0.741. The average Bonchev–Trinajstić information content (AvgIpc) is 2.70. The van der Waals surface area contributed by atoms with Crippen molar-refractivity contribution in [1.29, 1.82) is 0 Å². The van der Waals surface area contributed by atoms with Gasteiger partial charge in [0.15, 0.2) is 11.9 Å². The molecule has 0 saturated carbocycles. The van der Waals surface area contributed by atoms with Crippen LogP contribution in [0.2, 0.25) is 5.02 Å². The van der Waals surface area contributed by atoms with Gasteiger partial charge in [0.25, 0.3) is 5.91 Å². The Kier molecular flexibility index (Phi) is 6.06. The molecule has 0 unspecified atom stereocenters. The van der Waals surface area contributed by atoms with E-state index in [-0.39, 0.29) is 11.7 Å². The van der Waals surface area contributed by atoms with Gasteiger partial charge < -0.3 is 10.1 Å². The number of ketones is 1. The summed E-state index contributed by atoms with van der Waals surface area (Å²) in [7, 11) is 0. The minimum atomic E-state index is -0.741. The molecule has 1 N–H and O–H groups in total. The maximum atomic E-state index is 13.0. The summed E-state index contributed by atoms with van der Waals surface area (Å²) in [5.41, 5.74) is 1.45. The van der Waals surface area contributed by atoms with Crippen LogP contribution in [-0.2, 0) is 4.79 Å². The number of hydrogen-bond donors (Lipinski definition) is 1. The molecular formula is C22H17ClFNO3. The number of hydrogen-bond acceptors (Lipinski definition) is 3. The molecule has 28 heavy (non-hydrogen) atoms. The van der Waals surface area contributed by atoms with Crippen LogP contribution in [0.25, 0.3) is 0 Å². The van der Waals surface area contributed by atoms with Gasteiger partial charge in [-0.2, -0.15) is 0 Å². The number of anilines is 1. The molecule has 0 bridgehead atoms. The number of nitrogens with one attached hydrogen (secondary N) is 1. The number of ether oxygens (including phenoxy) is 1. The highest BCUT2D eigenvalue weighted by Crippen LogP contribution is 2.18. The van der Waals surface area contributed by atoms with Crippen molar-refractivity contribution < 1.29 is 18.7 Å². The van der Waals surface area contributed by atoms with Crippen LogP contribution in [0.3, 0.4) is 0 Å². The summed E-state index contributed by atoms with van der Waals surface area (Å²) < 4.78 is 18.6. The van der Waals surface area contributed by atoms with E-state index >= 15 is 0 Å². The molecule has 6 heteroatoms. The standard InChI is InChI=1S/C22H17ClFNO3/c1-14(22(27)25-19-10-6-17(23)7-11-19)28-20-12-4-16(5-13-20)21(26)15-2-8-18(24)9-3-15/h2-14H,1H3,(H,25,27)/t14-/m1/s1. The first-order chi connectivity index (χ1) is 13.4. The van der Waals surface area contributed by atoms with Gasteiger partial charge in [-0.15, -0.1) is 0 Å². The third-order valence-corrected chi connectivity index (χ3v) is 4.27. The number of rotatable bonds is 6. The summed E-state index contributed by atoms with van der Waals surface area (Å²) in [5, 5.41) is 3.32. The third-order valence-electron chi connectivity index (χ3n) is 4.02. The zero-order chi connectivity index (χ0) is 20.1. The second-order valence-electron chi connectivity index (χ2n) is 6.12. The Morgan fingerprint density at radius 3 is 2.00 bits per heavy atom. The Balaban J connectivity index is 1.61. The van der Waals surface area contributed by atoms with Crippen molar-refractivity contribution in [3.8, 4) is 5.75 Å². The summed E-state index contributed by atoms with van der Waals surface area (Å²) in [4.78, 5) is 24.6. The molecule has 0 fully saturated rings. The maximum absolute atomic E-state index is 13.0. The lowest BCUT2D eigenvalue weighted by Crippen LogP contribution is -2.30. The van der Waals surface area contributed by atoms with Gasteiger partial charge in [0, 0.05) is 21.8 Å². The van der Waals surface area contributed by atoms with Crippen molar-refractivity contribution in [3.63, 3.8) is 0 Å². The SMILES string of the molecule is C[C@@H](Oc1ccc(C(=O)c2ccc(F)cc2)cc1)C(=O)Nc1ccc(Cl)cc1. The number of benzene rings is 3.